The van der Waals surface area contributed by atoms with Gasteiger partial charge in [0.1, 0.15) is 0 Å². The average molecular weight is 350 g/mol. The third-order valence-corrected chi connectivity index (χ3v) is 5.09. The molecule has 1 atom stereocenters. The van der Waals surface area contributed by atoms with Crippen molar-refractivity contribution in [3.8, 4) is 0 Å². The van der Waals surface area contributed by atoms with Crippen molar-refractivity contribution < 1.29 is 4.79 Å². The topological polar surface area (TPSA) is 64.0 Å². The van der Waals surface area contributed by atoms with E-state index in [9.17, 15) is 9.59 Å². The number of hydrogen-bond acceptors (Lipinski definition) is 4. The molecule has 1 aromatic carbocycles. The molecule has 0 bridgehead atoms. The summed E-state index contributed by atoms with van der Waals surface area (Å²) in [5.74, 6) is 0.617. The first-order valence-corrected chi connectivity index (χ1v) is 8.63. The molecule has 0 spiro atoms. The molecule has 1 aliphatic heterocycles. The number of carbonyl (C=O) groups excluding carboxylic acids is 1. The molecule has 120 valence electrons. The van der Waals surface area contributed by atoms with Crippen LogP contribution in [-0.2, 0) is 11.3 Å². The van der Waals surface area contributed by atoms with E-state index >= 15 is 0 Å². The van der Waals surface area contributed by atoms with Gasteiger partial charge in [-0.1, -0.05) is 35.5 Å². The number of aromatic nitrogens is 2. The summed E-state index contributed by atoms with van der Waals surface area (Å²) in [7, 11) is 0. The van der Waals surface area contributed by atoms with E-state index in [1.807, 2.05) is 12.1 Å². The zero-order chi connectivity index (χ0) is 16.4. The van der Waals surface area contributed by atoms with E-state index in [-0.39, 0.29) is 23.9 Å². The van der Waals surface area contributed by atoms with Crippen LogP contribution in [-0.4, -0.2) is 21.2 Å². The molecule has 0 saturated heterocycles. The van der Waals surface area contributed by atoms with Crippen molar-refractivity contribution in [1.82, 2.24) is 14.9 Å². The van der Waals surface area contributed by atoms with Crippen molar-refractivity contribution in [2.24, 2.45) is 0 Å². The number of thioether (sulfide) groups is 1. The number of carbonyl (C=O) groups is 1. The Bertz CT molecular complexity index is 789. The van der Waals surface area contributed by atoms with Gasteiger partial charge in [-0.05, 0) is 24.6 Å². The Labute approximate surface area is 143 Å². The number of aryl methyl sites for hydroxylation is 1. The Morgan fingerprint density at radius 2 is 2.17 bits per heavy atom. The molecule has 1 N–H and O–H groups in total. The van der Waals surface area contributed by atoms with E-state index in [4.69, 9.17) is 11.6 Å². The minimum absolute atomic E-state index is 0.0597. The first kappa shape index (κ1) is 16.1. The fourth-order valence-electron chi connectivity index (χ4n) is 2.46. The third-order valence-electron chi connectivity index (χ3n) is 3.72. The average Bonchev–Trinajstić information content (AvgIpc) is 2.94. The molecule has 0 radical (unpaired) electrons. The lowest BCUT2D eigenvalue weighted by molar-refractivity contribution is -0.121. The maximum absolute atomic E-state index is 12.2. The van der Waals surface area contributed by atoms with E-state index in [0.717, 1.165) is 5.56 Å². The first-order valence-electron chi connectivity index (χ1n) is 7.26. The minimum atomic E-state index is -0.139. The summed E-state index contributed by atoms with van der Waals surface area (Å²) in [6, 6.07) is 7.20. The Morgan fingerprint density at radius 1 is 1.43 bits per heavy atom. The van der Waals surface area contributed by atoms with Crippen LogP contribution in [0.1, 0.15) is 23.6 Å². The number of nitrogens with one attached hydrogen (secondary N) is 1. The van der Waals surface area contributed by atoms with Gasteiger partial charge < -0.3 is 5.32 Å². The van der Waals surface area contributed by atoms with Gasteiger partial charge in [0.05, 0.1) is 6.04 Å². The van der Waals surface area contributed by atoms with E-state index < -0.39 is 0 Å². The van der Waals surface area contributed by atoms with Crippen LogP contribution >= 0.6 is 23.4 Å². The second kappa shape index (κ2) is 6.76. The van der Waals surface area contributed by atoms with Crippen molar-refractivity contribution >= 4 is 29.3 Å². The molecule has 23 heavy (non-hydrogen) atoms. The highest BCUT2D eigenvalue weighted by Gasteiger charge is 2.27. The highest BCUT2D eigenvalue weighted by molar-refractivity contribution is 7.99. The Kier molecular flexibility index (Phi) is 4.73. The number of benzene rings is 1. The van der Waals surface area contributed by atoms with Crippen molar-refractivity contribution in [1.29, 1.82) is 0 Å². The molecule has 2 heterocycles. The number of nitrogens with zero attached hydrogens (tertiary/aromatic N) is 2. The van der Waals surface area contributed by atoms with Crippen molar-refractivity contribution in [3.63, 3.8) is 0 Å². The van der Waals surface area contributed by atoms with Crippen LogP contribution in [0.5, 0.6) is 0 Å². The fourth-order valence-corrected chi connectivity index (χ4v) is 3.69. The van der Waals surface area contributed by atoms with Crippen molar-refractivity contribution in [2.45, 2.75) is 31.1 Å². The summed E-state index contributed by atoms with van der Waals surface area (Å²) in [5.41, 5.74) is 1.52. The first-order chi connectivity index (χ1) is 11.0. The van der Waals surface area contributed by atoms with Gasteiger partial charge in [0.15, 0.2) is 5.16 Å². The molecule has 0 unspecified atom stereocenters. The van der Waals surface area contributed by atoms with Crippen molar-refractivity contribution in [2.75, 3.05) is 5.75 Å². The summed E-state index contributed by atoms with van der Waals surface area (Å²) in [6.07, 6.45) is 1.86. The van der Waals surface area contributed by atoms with Crippen LogP contribution in [0.4, 0.5) is 0 Å². The van der Waals surface area contributed by atoms with E-state index in [2.05, 4.69) is 10.3 Å². The normalized spacial score (nSPS) is 16.2. The molecule has 2 aromatic rings. The summed E-state index contributed by atoms with van der Waals surface area (Å²) >= 11 is 7.35. The number of hydrogen-bond donors (Lipinski definition) is 1. The zero-order valence-electron chi connectivity index (χ0n) is 12.6. The van der Waals surface area contributed by atoms with Gasteiger partial charge in [-0.2, -0.15) is 0 Å². The standard InChI is InChI=1S/C16H16ClN3O2S/c1-10-7-19-16-20(15(10)22)13(9-23-16)6-14(21)18-8-11-2-4-12(17)5-3-11/h2-5,7,13H,6,8-9H2,1H3,(H,18,21)/t13-/m1/s1. The van der Waals surface area contributed by atoms with Crippen LogP contribution in [0.2, 0.25) is 5.02 Å². The van der Waals surface area contributed by atoms with Gasteiger partial charge in [-0.15, -0.1) is 0 Å². The molecule has 5 nitrogen and oxygen atoms in total. The van der Waals surface area contributed by atoms with Gasteiger partial charge in [0.25, 0.3) is 5.56 Å². The molecule has 0 aliphatic carbocycles. The molecule has 1 amide bonds. The molecule has 7 heteroatoms. The number of amides is 1. The van der Waals surface area contributed by atoms with Crippen LogP contribution in [0.25, 0.3) is 0 Å². The van der Waals surface area contributed by atoms with Crippen LogP contribution < -0.4 is 10.9 Å². The second-order valence-electron chi connectivity index (χ2n) is 5.47. The van der Waals surface area contributed by atoms with Crippen molar-refractivity contribution in [3.05, 3.63) is 57.0 Å². The number of halogens is 1. The fraction of sp³-hybridized carbons (Fsp3) is 0.312. The smallest absolute Gasteiger partial charge is 0.257 e. The highest BCUT2D eigenvalue weighted by atomic mass is 35.5. The maximum Gasteiger partial charge on any atom is 0.257 e. The largest absolute Gasteiger partial charge is 0.352 e. The molecule has 0 fully saturated rings. The quantitative estimate of drug-likeness (QED) is 0.862. The van der Waals surface area contributed by atoms with Gasteiger partial charge in [-0.25, -0.2) is 4.98 Å². The molecule has 0 saturated carbocycles. The molecule has 1 aliphatic rings. The molecule has 1 aromatic heterocycles. The Hall–Kier alpha value is -1.79. The van der Waals surface area contributed by atoms with Gasteiger partial charge >= 0.3 is 0 Å². The summed E-state index contributed by atoms with van der Waals surface area (Å²) in [5, 5.41) is 4.24. The maximum atomic E-state index is 12.2. The Balaban J connectivity index is 1.63. The lowest BCUT2D eigenvalue weighted by Crippen LogP contribution is -2.31. The van der Waals surface area contributed by atoms with Gasteiger partial charge in [-0.3, -0.25) is 14.2 Å². The zero-order valence-corrected chi connectivity index (χ0v) is 14.2. The van der Waals surface area contributed by atoms with E-state index in [1.54, 1.807) is 29.8 Å². The summed E-state index contributed by atoms with van der Waals surface area (Å²) in [6.45, 7) is 2.19. The monoisotopic (exact) mass is 349 g/mol. The summed E-state index contributed by atoms with van der Waals surface area (Å²) < 4.78 is 1.64. The van der Waals surface area contributed by atoms with E-state index in [0.29, 0.717) is 28.0 Å². The van der Waals surface area contributed by atoms with Crippen LogP contribution in [0, 0.1) is 6.92 Å². The van der Waals surface area contributed by atoms with E-state index in [1.165, 1.54) is 11.8 Å². The Morgan fingerprint density at radius 3 is 2.91 bits per heavy atom. The minimum Gasteiger partial charge on any atom is -0.352 e. The van der Waals surface area contributed by atoms with Crippen LogP contribution in [0.3, 0.4) is 0 Å². The lowest BCUT2D eigenvalue weighted by atomic mass is 10.2. The summed E-state index contributed by atoms with van der Waals surface area (Å²) in [4.78, 5) is 28.7. The van der Waals surface area contributed by atoms with Gasteiger partial charge in [0.2, 0.25) is 5.91 Å². The number of rotatable bonds is 4. The van der Waals surface area contributed by atoms with Crippen LogP contribution in [0.15, 0.2) is 40.4 Å². The SMILES string of the molecule is Cc1cnc2n(c1=O)[C@H](CC(=O)NCc1ccc(Cl)cc1)CS2. The third kappa shape index (κ3) is 3.59. The predicted octanol–water partition coefficient (Wildman–Crippen LogP) is 2.56. The highest BCUT2D eigenvalue weighted by Crippen LogP contribution is 2.31. The lowest BCUT2D eigenvalue weighted by Gasteiger charge is -2.13. The molecule has 3 rings (SSSR count). The molecular weight excluding hydrogens is 334 g/mol. The molecular formula is C16H16ClN3O2S. The second-order valence-corrected chi connectivity index (χ2v) is 6.89. The van der Waals surface area contributed by atoms with Gasteiger partial charge in [0, 0.05) is 35.5 Å². The number of fused-ring (bicyclic) bond motifs is 1. The predicted molar refractivity (Wildman–Crippen MR) is 90.9 cm³/mol.